The molecule has 0 unspecified atom stereocenters. The third-order valence-electron chi connectivity index (χ3n) is 7.62. The quantitative estimate of drug-likeness (QED) is 0.0401. The second-order valence-electron chi connectivity index (χ2n) is 12.4. The summed E-state index contributed by atoms with van der Waals surface area (Å²) in [5.41, 5.74) is 10.1. The molecule has 5 aromatic rings. The van der Waals surface area contributed by atoms with E-state index in [1.165, 1.54) is 12.1 Å². The van der Waals surface area contributed by atoms with Crippen LogP contribution in [-0.4, -0.2) is 48.4 Å². The lowest BCUT2D eigenvalue weighted by atomic mass is 10.0. The van der Waals surface area contributed by atoms with Crippen molar-refractivity contribution in [2.45, 2.75) is 31.9 Å². The second kappa shape index (κ2) is 16.1. The van der Waals surface area contributed by atoms with Crippen molar-refractivity contribution in [1.82, 2.24) is 10.3 Å². The zero-order chi connectivity index (χ0) is 34.8. The Bertz CT molecular complexity index is 1930. The van der Waals surface area contributed by atoms with Gasteiger partial charge in [0, 0.05) is 41.0 Å². The fraction of sp³-hybridized carbons (Fsp3) is 0.231. The maximum absolute atomic E-state index is 12.6. The molecule has 1 aromatic heterocycles. The number of aromatic nitrogens is 1. The molecule has 1 atom stereocenters. The molecule has 1 heterocycles. The maximum atomic E-state index is 12.6. The van der Waals surface area contributed by atoms with Crippen LogP contribution in [0.2, 0.25) is 0 Å². The van der Waals surface area contributed by atoms with Gasteiger partial charge < -0.3 is 40.7 Å². The summed E-state index contributed by atoms with van der Waals surface area (Å²) in [5, 5.41) is 18.4. The molecule has 4 aromatic carbocycles. The van der Waals surface area contributed by atoms with Gasteiger partial charge in [-0.2, -0.15) is 0 Å². The predicted molar refractivity (Wildman–Crippen MR) is 194 cm³/mol. The Hall–Kier alpha value is -5.42. The molecule has 6 N–H and O–H groups in total. The van der Waals surface area contributed by atoms with Crippen LogP contribution in [0.15, 0.2) is 108 Å². The molecule has 0 radical (unpaired) electrons. The summed E-state index contributed by atoms with van der Waals surface area (Å²) in [4.78, 5) is 27.5. The lowest BCUT2D eigenvalue weighted by Gasteiger charge is -2.19. The van der Waals surface area contributed by atoms with Gasteiger partial charge in [-0.15, -0.1) is 0 Å². The molecule has 254 valence electrons. The second-order valence-corrected chi connectivity index (χ2v) is 12.4. The molecule has 0 saturated carbocycles. The average molecular weight is 663 g/mol. The topological polar surface area (TPSA) is 148 Å². The van der Waals surface area contributed by atoms with E-state index in [1.54, 1.807) is 43.5 Å². The van der Waals surface area contributed by atoms with Crippen LogP contribution < -0.4 is 36.1 Å². The number of pyridine rings is 1. The van der Waals surface area contributed by atoms with Gasteiger partial charge in [-0.3, -0.25) is 4.79 Å². The minimum atomic E-state index is -0.863. The Morgan fingerprint density at radius 3 is 2.27 bits per heavy atom. The molecule has 0 spiro atoms. The highest BCUT2D eigenvalue weighted by Gasteiger charge is 2.16. The van der Waals surface area contributed by atoms with Gasteiger partial charge in [-0.05, 0) is 110 Å². The maximum Gasteiger partial charge on any atom is 0.336 e. The first kappa shape index (κ1) is 34.9. The number of aliphatic hydroxyl groups is 1. The van der Waals surface area contributed by atoms with Gasteiger partial charge in [0.2, 0.25) is 5.56 Å². The van der Waals surface area contributed by atoms with Crippen LogP contribution in [-0.2, 0) is 11.2 Å². The molecule has 0 aliphatic rings. The largest absolute Gasteiger partial charge is 0.497 e. The third kappa shape index (κ3) is 10.3. The predicted octanol–water partition coefficient (Wildman–Crippen LogP) is 5.88. The van der Waals surface area contributed by atoms with Crippen molar-refractivity contribution in [2.24, 2.45) is 5.73 Å². The van der Waals surface area contributed by atoms with E-state index >= 15 is 0 Å². The van der Waals surface area contributed by atoms with E-state index in [0.29, 0.717) is 41.9 Å². The minimum absolute atomic E-state index is 0.191. The van der Waals surface area contributed by atoms with Crippen LogP contribution in [0, 0.1) is 0 Å². The van der Waals surface area contributed by atoms with Crippen LogP contribution in [0.3, 0.4) is 0 Å². The van der Waals surface area contributed by atoms with Crippen LogP contribution >= 0.6 is 0 Å². The van der Waals surface area contributed by atoms with E-state index in [1.807, 2.05) is 62.4 Å². The highest BCUT2D eigenvalue weighted by Crippen LogP contribution is 2.30. The summed E-state index contributed by atoms with van der Waals surface area (Å²) in [6.07, 6.45) is 2.84. The molecular weight excluding hydrogens is 620 g/mol. The van der Waals surface area contributed by atoms with Crippen molar-refractivity contribution in [3.63, 3.8) is 0 Å². The number of benzene rings is 4. The molecule has 0 saturated heterocycles. The van der Waals surface area contributed by atoms with E-state index in [-0.39, 0.29) is 11.3 Å². The Kier molecular flexibility index (Phi) is 11.5. The number of methoxy groups -OCH3 is 1. The number of fused-ring (bicyclic) bond motifs is 1. The third-order valence-corrected chi connectivity index (χ3v) is 7.62. The molecule has 0 amide bonds. The van der Waals surface area contributed by atoms with Crippen molar-refractivity contribution in [3.05, 3.63) is 130 Å². The van der Waals surface area contributed by atoms with Gasteiger partial charge in [-0.25, -0.2) is 4.79 Å². The summed E-state index contributed by atoms with van der Waals surface area (Å²) in [6.45, 7) is 5.22. The van der Waals surface area contributed by atoms with Gasteiger partial charge in [0.1, 0.15) is 18.1 Å². The van der Waals surface area contributed by atoms with Gasteiger partial charge >= 0.3 is 5.97 Å². The van der Waals surface area contributed by atoms with E-state index < -0.39 is 17.6 Å². The van der Waals surface area contributed by atoms with Crippen LogP contribution in [0.4, 0.5) is 11.4 Å². The first-order chi connectivity index (χ1) is 23.6. The van der Waals surface area contributed by atoms with Gasteiger partial charge in [0.15, 0.2) is 5.75 Å². The van der Waals surface area contributed by atoms with Gasteiger partial charge in [0.25, 0.3) is 0 Å². The normalized spacial score (nSPS) is 12.2. The van der Waals surface area contributed by atoms with Crippen LogP contribution in [0.5, 0.6) is 17.2 Å². The number of anilines is 2. The van der Waals surface area contributed by atoms with E-state index in [2.05, 4.69) is 27.8 Å². The van der Waals surface area contributed by atoms with Crippen molar-refractivity contribution >= 4 is 34.3 Å². The van der Waals surface area contributed by atoms with Crippen LogP contribution in [0.1, 0.15) is 36.6 Å². The fourth-order valence-electron chi connectivity index (χ4n) is 5.05. The Morgan fingerprint density at radius 1 is 0.918 bits per heavy atom. The highest BCUT2D eigenvalue weighted by atomic mass is 16.5. The minimum Gasteiger partial charge on any atom is -0.497 e. The average Bonchev–Trinajstić information content (AvgIpc) is 3.09. The Labute approximate surface area is 285 Å². The number of ether oxygens (including phenoxy) is 3. The summed E-state index contributed by atoms with van der Waals surface area (Å²) < 4.78 is 16.5. The van der Waals surface area contributed by atoms with Crippen molar-refractivity contribution in [2.75, 3.05) is 32.1 Å². The lowest BCUT2D eigenvalue weighted by Crippen LogP contribution is -2.38. The molecule has 0 fully saturated rings. The summed E-state index contributed by atoms with van der Waals surface area (Å²) in [6, 6.07) is 29.5. The molecule has 10 heteroatoms. The van der Waals surface area contributed by atoms with E-state index in [0.717, 1.165) is 34.7 Å². The number of esters is 1. The monoisotopic (exact) mass is 662 g/mol. The Balaban J connectivity index is 1.12. The number of H-pyrrole nitrogens is 1. The van der Waals surface area contributed by atoms with E-state index in [4.69, 9.17) is 19.9 Å². The zero-order valence-electron chi connectivity index (χ0n) is 27.9. The first-order valence-electron chi connectivity index (χ1n) is 16.0. The lowest BCUT2D eigenvalue weighted by molar-refractivity contribution is -0.128. The molecule has 0 bridgehead atoms. The summed E-state index contributed by atoms with van der Waals surface area (Å²) in [7, 11) is 1.59. The molecular formula is C39H42N4O6. The molecule has 49 heavy (non-hydrogen) atoms. The number of hydrogen-bond acceptors (Lipinski definition) is 9. The van der Waals surface area contributed by atoms with Gasteiger partial charge in [-0.1, -0.05) is 30.3 Å². The smallest absolute Gasteiger partial charge is 0.336 e. The number of nitrogens with two attached hydrogens (primary N) is 1. The number of carbonyl (C=O) groups is 1. The number of rotatable bonds is 15. The number of carbonyl (C=O) groups excluding carboxylic acids is 1. The Morgan fingerprint density at radius 2 is 1.59 bits per heavy atom. The highest BCUT2D eigenvalue weighted by molar-refractivity contribution is 5.93. The van der Waals surface area contributed by atoms with E-state index in [9.17, 15) is 14.7 Å². The van der Waals surface area contributed by atoms with Crippen molar-refractivity contribution < 1.29 is 24.1 Å². The summed E-state index contributed by atoms with van der Waals surface area (Å²) >= 11 is 0. The zero-order valence-corrected chi connectivity index (χ0v) is 27.9. The van der Waals surface area contributed by atoms with Crippen LogP contribution in [0.25, 0.3) is 17.0 Å². The number of aromatic amines is 1. The molecule has 10 nitrogen and oxygen atoms in total. The van der Waals surface area contributed by atoms with Crippen molar-refractivity contribution in [1.29, 1.82) is 0 Å². The summed E-state index contributed by atoms with van der Waals surface area (Å²) in [5.74, 6) is 1.07. The van der Waals surface area contributed by atoms with Gasteiger partial charge in [0.05, 0.1) is 18.7 Å². The standard InChI is InChI=1S/C39H42N4O6/c1-39(2,40)25-48-31-15-11-29(12-16-31)42-28-9-4-27(5-10-28)22-23-41-24-34(44)32-17-19-35(38-33(32)18-20-36(45)43-38)49-37(46)21-8-26-6-13-30(47-3)14-7-26/h4-21,34,41-42,44H,22-25,40H2,1-3H3,(H,43,45)/t34-/m0/s1. The number of nitrogens with one attached hydrogen (secondary N) is 3. The fourth-order valence-corrected chi connectivity index (χ4v) is 5.05. The molecule has 0 aliphatic carbocycles. The number of aliphatic hydroxyl groups excluding tert-OH is 1. The number of hydrogen-bond donors (Lipinski definition) is 5. The van der Waals surface area contributed by atoms with Crippen molar-refractivity contribution in [3.8, 4) is 17.2 Å². The molecule has 0 aliphatic heterocycles. The first-order valence-corrected chi connectivity index (χ1v) is 16.0. The SMILES string of the molecule is COc1ccc(C=CC(=O)Oc2ccc([C@@H](O)CNCCc3ccc(Nc4ccc(OCC(C)(C)N)cc4)cc3)c3ccc(=O)[nH]c23)cc1. The molecule has 5 rings (SSSR count).